The molecule has 4 aromatic rings. The minimum atomic E-state index is -0.241. The number of unbranched alkanes of at least 4 members (excludes halogenated alkanes) is 12. The number of rotatable bonds is 19. The van der Waals surface area contributed by atoms with Gasteiger partial charge in [-0.3, -0.25) is 4.79 Å². The van der Waals surface area contributed by atoms with Gasteiger partial charge < -0.3 is 39.0 Å². The van der Waals surface area contributed by atoms with Gasteiger partial charge in [-0.2, -0.15) is 0 Å². The monoisotopic (exact) mass is 935 g/mol. The van der Waals surface area contributed by atoms with Gasteiger partial charge in [0.15, 0.2) is 23.0 Å². The minimum Gasteiger partial charge on any atom is -0.507 e. The normalized spacial score (nSPS) is 14.2. The molecule has 2 aliphatic carbocycles. The summed E-state index contributed by atoms with van der Waals surface area (Å²) in [6.07, 6.45) is 34.6. The molecule has 9 heteroatoms. The van der Waals surface area contributed by atoms with Crippen LogP contribution in [0, 0.1) is 0 Å². The number of aromatic hydroxyl groups is 3. The quantitative estimate of drug-likeness (QED) is 0.0365. The smallest absolute Gasteiger partial charge is 0.311 e. The van der Waals surface area contributed by atoms with Gasteiger partial charge in [-0.1, -0.05) is 128 Å². The van der Waals surface area contributed by atoms with E-state index < -0.39 is 0 Å². The molecule has 68 heavy (non-hydrogen) atoms. The second-order valence-corrected chi connectivity index (χ2v) is 18.0. The van der Waals surface area contributed by atoms with Crippen LogP contribution in [0.15, 0.2) is 72.8 Å². The number of methoxy groups -OCH3 is 4. The highest BCUT2D eigenvalue weighted by atomic mass is 16.6. The lowest BCUT2D eigenvalue weighted by molar-refractivity contribution is -0.134. The molecule has 0 radical (unpaired) electrons. The Morgan fingerprint density at radius 3 is 1.38 bits per heavy atom. The van der Waals surface area contributed by atoms with Crippen molar-refractivity contribution in [3.63, 3.8) is 0 Å². The van der Waals surface area contributed by atoms with Crippen molar-refractivity contribution in [1.29, 1.82) is 0 Å². The molecule has 0 atom stereocenters. The average Bonchev–Trinajstić information content (AvgIpc) is 3.35. The van der Waals surface area contributed by atoms with Crippen LogP contribution in [-0.4, -0.2) is 49.7 Å². The van der Waals surface area contributed by atoms with Crippen LogP contribution in [0.1, 0.15) is 165 Å². The number of hydrogen-bond acceptors (Lipinski definition) is 9. The topological polar surface area (TPSA) is 124 Å². The van der Waals surface area contributed by atoms with E-state index in [4.69, 9.17) is 23.7 Å². The number of fused-ring (bicyclic) bond motifs is 10. The zero-order valence-electron chi connectivity index (χ0n) is 41.2. The Morgan fingerprint density at radius 1 is 0.471 bits per heavy atom. The molecule has 0 saturated heterocycles. The highest BCUT2D eigenvalue weighted by Gasteiger charge is 2.26. The maximum absolute atomic E-state index is 13.0. The number of ether oxygens (including phenoxy) is 5. The molecule has 9 nitrogen and oxygen atoms in total. The SMILES string of the molecule is C.CCCCCCCCCCCCCCCC(=O)Oc1c2cc(c(OC)c1OC)-c1cc(ccc1O)CC/C=C/CCC2.COc1c2cc(c(O)c1OC)CCC/C=C/CCc1ccc(O)c-2c1. The number of phenols is 3. The fourth-order valence-corrected chi connectivity index (χ4v) is 9.18. The zero-order chi connectivity index (χ0) is 47.8. The lowest BCUT2D eigenvalue weighted by Gasteiger charge is -2.21. The van der Waals surface area contributed by atoms with E-state index in [1.54, 1.807) is 33.5 Å². The molecule has 0 unspecified atom stereocenters. The Morgan fingerprint density at radius 2 is 0.897 bits per heavy atom. The molecular weight excluding hydrogens is 853 g/mol. The summed E-state index contributed by atoms with van der Waals surface area (Å²) < 4.78 is 28.6. The summed E-state index contributed by atoms with van der Waals surface area (Å²) in [7, 11) is 6.21. The molecule has 372 valence electrons. The first kappa shape index (κ1) is 55.0. The molecule has 0 heterocycles. The van der Waals surface area contributed by atoms with Gasteiger partial charge >= 0.3 is 5.97 Å². The number of hydrogen-bond donors (Lipinski definition) is 3. The van der Waals surface area contributed by atoms with Crippen LogP contribution in [0.5, 0.6) is 46.0 Å². The van der Waals surface area contributed by atoms with Crippen LogP contribution < -0.4 is 23.7 Å². The number of phenolic OH excluding ortho intramolecular Hbond substituents is 3. The van der Waals surface area contributed by atoms with Gasteiger partial charge in [-0.25, -0.2) is 0 Å². The summed E-state index contributed by atoms with van der Waals surface area (Å²) in [6.45, 7) is 2.27. The number of benzene rings is 4. The first-order valence-electron chi connectivity index (χ1n) is 25.1. The van der Waals surface area contributed by atoms with E-state index in [0.29, 0.717) is 46.3 Å². The van der Waals surface area contributed by atoms with Crippen LogP contribution in [-0.2, 0) is 30.5 Å². The van der Waals surface area contributed by atoms with Crippen LogP contribution in [0.3, 0.4) is 0 Å². The summed E-state index contributed by atoms with van der Waals surface area (Å²) in [5, 5.41) is 31.8. The Balaban J connectivity index is 0.000000329. The predicted octanol–water partition coefficient (Wildman–Crippen LogP) is 15.5. The predicted molar refractivity (Wildman–Crippen MR) is 278 cm³/mol. The zero-order valence-corrected chi connectivity index (χ0v) is 41.2. The van der Waals surface area contributed by atoms with Crippen molar-refractivity contribution < 1.29 is 43.8 Å². The largest absolute Gasteiger partial charge is 0.507 e. The summed E-state index contributed by atoms with van der Waals surface area (Å²) in [5.74, 6) is 2.28. The summed E-state index contributed by atoms with van der Waals surface area (Å²) in [4.78, 5) is 13.0. The van der Waals surface area contributed by atoms with E-state index in [-0.39, 0.29) is 30.6 Å². The van der Waals surface area contributed by atoms with Crippen LogP contribution in [0.25, 0.3) is 22.3 Å². The third-order valence-electron chi connectivity index (χ3n) is 12.9. The van der Waals surface area contributed by atoms with Gasteiger partial charge in [0.2, 0.25) is 11.5 Å². The Kier molecular flexibility index (Phi) is 24.3. The molecule has 3 N–H and O–H groups in total. The number of allylic oxidation sites excluding steroid dienone is 4. The van der Waals surface area contributed by atoms with Gasteiger partial charge in [-0.15, -0.1) is 0 Å². The molecule has 0 saturated carbocycles. The fraction of sp³-hybridized carbons (Fsp3) is 0.508. The number of carbonyl (C=O) groups excluding carboxylic acids is 1. The molecule has 2 aliphatic rings. The Bertz CT molecular complexity index is 2220. The molecular formula is C59H82O9. The standard InChI is InChI=1S/C37H54O5.C21H24O4.CH4/c1-4-5-6-7-8-9-10-11-12-13-14-18-21-24-34(39)42-35-30-23-20-17-15-16-19-22-29-25-26-33(38)31(27-29)32(28-30)36(40-2)37(35)41-3;1-24-20-17-13-15(19(23)21(20)25-2)9-7-5-3-4-6-8-14-10-11-18(22)16(17)12-14;/h15-16,25-28,38H,4-14,17-24H2,1-3H3;3-4,10-13,22-23H,5-9H2,1-2H3;1H4/b16-15+;4-3+;. The third kappa shape index (κ3) is 16.0. The molecule has 8 bridgehead atoms. The number of esters is 1. The van der Waals surface area contributed by atoms with Crippen molar-refractivity contribution >= 4 is 5.97 Å². The molecule has 6 rings (SSSR count). The second kappa shape index (κ2) is 30.0. The lowest BCUT2D eigenvalue weighted by Crippen LogP contribution is -2.11. The van der Waals surface area contributed by atoms with Gasteiger partial charge in [0.05, 0.1) is 28.4 Å². The molecule has 4 aromatic carbocycles. The third-order valence-corrected chi connectivity index (χ3v) is 12.9. The van der Waals surface area contributed by atoms with Gasteiger partial charge in [-0.05, 0) is 129 Å². The molecule has 0 spiro atoms. The van der Waals surface area contributed by atoms with E-state index >= 15 is 0 Å². The minimum absolute atomic E-state index is 0. The van der Waals surface area contributed by atoms with E-state index in [1.807, 2.05) is 36.4 Å². The first-order valence-corrected chi connectivity index (χ1v) is 25.1. The van der Waals surface area contributed by atoms with Crippen LogP contribution in [0.2, 0.25) is 0 Å². The van der Waals surface area contributed by atoms with Crippen molar-refractivity contribution in [2.24, 2.45) is 0 Å². The number of aryl methyl sites for hydroxylation is 4. The summed E-state index contributed by atoms with van der Waals surface area (Å²) in [6, 6.07) is 15.3. The van der Waals surface area contributed by atoms with E-state index in [9.17, 15) is 20.1 Å². The molecule has 0 fully saturated rings. The summed E-state index contributed by atoms with van der Waals surface area (Å²) in [5.41, 5.74) is 6.83. The second-order valence-electron chi connectivity index (χ2n) is 18.0. The van der Waals surface area contributed by atoms with E-state index in [1.165, 1.54) is 71.3 Å². The maximum Gasteiger partial charge on any atom is 0.311 e. The van der Waals surface area contributed by atoms with Crippen molar-refractivity contribution in [1.82, 2.24) is 0 Å². The average molecular weight is 935 g/mol. The highest BCUT2D eigenvalue weighted by molar-refractivity contribution is 5.84. The van der Waals surface area contributed by atoms with Crippen molar-refractivity contribution in [3.05, 3.63) is 95.1 Å². The summed E-state index contributed by atoms with van der Waals surface area (Å²) >= 11 is 0. The van der Waals surface area contributed by atoms with Gasteiger partial charge in [0.25, 0.3) is 0 Å². The first-order chi connectivity index (χ1) is 32.7. The van der Waals surface area contributed by atoms with Crippen LogP contribution in [0.4, 0.5) is 0 Å². The van der Waals surface area contributed by atoms with Crippen molar-refractivity contribution in [3.8, 4) is 68.2 Å². The molecule has 0 aliphatic heterocycles. The van der Waals surface area contributed by atoms with Crippen LogP contribution >= 0.6 is 0 Å². The van der Waals surface area contributed by atoms with Gasteiger partial charge in [0.1, 0.15) is 11.5 Å². The van der Waals surface area contributed by atoms with Gasteiger partial charge in [0, 0.05) is 28.7 Å². The van der Waals surface area contributed by atoms with Crippen molar-refractivity contribution in [2.45, 2.75) is 168 Å². The maximum atomic E-state index is 13.0. The Labute approximate surface area is 408 Å². The molecule has 0 amide bonds. The van der Waals surface area contributed by atoms with E-state index in [2.05, 4.69) is 31.2 Å². The highest BCUT2D eigenvalue weighted by Crippen LogP contribution is 2.50. The van der Waals surface area contributed by atoms with Crippen molar-refractivity contribution in [2.75, 3.05) is 28.4 Å². The van der Waals surface area contributed by atoms with E-state index in [0.717, 1.165) is 117 Å². The number of carbonyl (C=O) groups is 1. The Hall–Kier alpha value is -5.57. The molecule has 0 aromatic heterocycles. The lowest BCUT2D eigenvalue weighted by atomic mass is 9.95. The fourth-order valence-electron chi connectivity index (χ4n) is 9.18.